The van der Waals surface area contributed by atoms with Crippen molar-refractivity contribution in [3.63, 3.8) is 0 Å². The molecule has 2 heterocycles. The summed E-state index contributed by atoms with van der Waals surface area (Å²) in [6.45, 7) is 3.10. The van der Waals surface area contributed by atoms with E-state index in [0.717, 1.165) is 30.6 Å². The second kappa shape index (κ2) is 6.20. The van der Waals surface area contributed by atoms with Crippen molar-refractivity contribution in [3.8, 4) is 0 Å². The van der Waals surface area contributed by atoms with Crippen LogP contribution in [0.1, 0.15) is 30.6 Å². The molecule has 2 aromatic heterocycles. The van der Waals surface area contributed by atoms with Crippen molar-refractivity contribution in [2.24, 2.45) is 7.05 Å². The number of nitrogens with one attached hydrogen (secondary N) is 1. The third-order valence-electron chi connectivity index (χ3n) is 2.69. The number of hydrogen-bond acceptors (Lipinski definition) is 5. The van der Waals surface area contributed by atoms with E-state index in [1.54, 1.807) is 11.0 Å². The van der Waals surface area contributed by atoms with Gasteiger partial charge in [0, 0.05) is 43.7 Å². The Morgan fingerprint density at radius 2 is 2.11 bits per heavy atom. The Hall–Kier alpha value is -1.82. The van der Waals surface area contributed by atoms with Crippen molar-refractivity contribution in [2.75, 3.05) is 6.54 Å². The first-order valence-electron chi connectivity index (χ1n) is 6.13. The molecule has 0 spiro atoms. The first-order valence-corrected chi connectivity index (χ1v) is 6.13. The van der Waals surface area contributed by atoms with Crippen LogP contribution in [0, 0.1) is 0 Å². The van der Waals surface area contributed by atoms with Gasteiger partial charge < -0.3 is 5.32 Å². The van der Waals surface area contributed by atoms with Gasteiger partial charge in [0.1, 0.15) is 6.33 Å². The van der Waals surface area contributed by atoms with Crippen molar-refractivity contribution < 1.29 is 0 Å². The van der Waals surface area contributed by atoms with Gasteiger partial charge in [-0.2, -0.15) is 0 Å². The molecule has 0 bridgehead atoms. The van der Waals surface area contributed by atoms with Gasteiger partial charge in [-0.1, -0.05) is 12.1 Å². The normalized spacial score (nSPS) is 12.6. The summed E-state index contributed by atoms with van der Waals surface area (Å²) in [6.07, 6.45) is 9.05. The Morgan fingerprint density at radius 3 is 2.72 bits per heavy atom. The molecule has 2 rings (SSSR count). The molecule has 1 N–H and O–H groups in total. The average molecular weight is 246 g/mol. The number of rotatable bonds is 6. The Labute approximate surface area is 106 Å². The van der Waals surface area contributed by atoms with Gasteiger partial charge in [0.05, 0.1) is 5.69 Å². The molecule has 6 nitrogen and oxygen atoms in total. The van der Waals surface area contributed by atoms with E-state index in [1.165, 1.54) is 0 Å². The predicted molar refractivity (Wildman–Crippen MR) is 67.8 cm³/mol. The molecule has 1 unspecified atom stereocenters. The van der Waals surface area contributed by atoms with Gasteiger partial charge in [-0.05, 0) is 13.0 Å². The van der Waals surface area contributed by atoms with Crippen LogP contribution in [0.2, 0.25) is 0 Å². The van der Waals surface area contributed by atoms with Gasteiger partial charge in [0.2, 0.25) is 0 Å². The number of aryl methyl sites for hydroxylation is 1. The summed E-state index contributed by atoms with van der Waals surface area (Å²) in [5.74, 6) is 0. The molecule has 0 aliphatic heterocycles. The van der Waals surface area contributed by atoms with E-state index < -0.39 is 0 Å². The summed E-state index contributed by atoms with van der Waals surface area (Å²) >= 11 is 0. The Morgan fingerprint density at radius 1 is 1.33 bits per heavy atom. The highest BCUT2D eigenvalue weighted by atomic mass is 15.4. The van der Waals surface area contributed by atoms with Crippen molar-refractivity contribution >= 4 is 0 Å². The second-order valence-electron chi connectivity index (χ2n) is 4.27. The number of hydrogen-bond donors (Lipinski definition) is 1. The fraction of sp³-hybridized carbons (Fsp3) is 0.500. The number of aromatic nitrogens is 5. The molecule has 0 aromatic carbocycles. The standard InChI is InChI=1S/C12H18N6/c1-3-4-15-12(10-6-13-9-14-7-10)5-11-8-18(2)17-16-11/h6-9,12,15H,3-5H2,1-2H3. The molecule has 0 aliphatic rings. The van der Waals surface area contributed by atoms with E-state index >= 15 is 0 Å². The first kappa shape index (κ1) is 12.6. The molecular weight excluding hydrogens is 228 g/mol. The van der Waals surface area contributed by atoms with E-state index in [9.17, 15) is 0 Å². The van der Waals surface area contributed by atoms with Crippen molar-refractivity contribution in [2.45, 2.75) is 25.8 Å². The number of nitrogens with zero attached hydrogens (tertiary/aromatic N) is 5. The lowest BCUT2D eigenvalue weighted by Crippen LogP contribution is -2.24. The van der Waals surface area contributed by atoms with E-state index in [0.29, 0.717) is 0 Å². The van der Waals surface area contributed by atoms with Crippen LogP contribution in [0.5, 0.6) is 0 Å². The molecule has 0 saturated carbocycles. The van der Waals surface area contributed by atoms with Crippen molar-refractivity contribution in [1.29, 1.82) is 0 Å². The zero-order valence-corrected chi connectivity index (χ0v) is 10.7. The van der Waals surface area contributed by atoms with Crippen LogP contribution >= 0.6 is 0 Å². The summed E-state index contributed by atoms with van der Waals surface area (Å²) in [4.78, 5) is 8.14. The van der Waals surface area contributed by atoms with Gasteiger partial charge in [0.15, 0.2) is 0 Å². The minimum absolute atomic E-state index is 0.183. The lowest BCUT2D eigenvalue weighted by atomic mass is 10.1. The molecule has 0 fully saturated rings. The van der Waals surface area contributed by atoms with Crippen LogP contribution in [-0.4, -0.2) is 31.5 Å². The lowest BCUT2D eigenvalue weighted by molar-refractivity contribution is 0.521. The van der Waals surface area contributed by atoms with Gasteiger partial charge in [-0.25, -0.2) is 9.97 Å². The van der Waals surface area contributed by atoms with Gasteiger partial charge in [0.25, 0.3) is 0 Å². The monoisotopic (exact) mass is 246 g/mol. The SMILES string of the molecule is CCCNC(Cc1cn(C)nn1)c1cncnc1. The summed E-state index contributed by atoms with van der Waals surface area (Å²) in [7, 11) is 1.87. The topological polar surface area (TPSA) is 68.5 Å². The minimum atomic E-state index is 0.183. The quantitative estimate of drug-likeness (QED) is 0.819. The predicted octanol–water partition coefficient (Wildman–Crippen LogP) is 0.888. The third-order valence-corrected chi connectivity index (χ3v) is 2.69. The molecule has 0 amide bonds. The molecule has 0 saturated heterocycles. The van der Waals surface area contributed by atoms with Crippen LogP contribution in [0.25, 0.3) is 0 Å². The van der Waals surface area contributed by atoms with E-state index in [-0.39, 0.29) is 6.04 Å². The van der Waals surface area contributed by atoms with Gasteiger partial charge in [-0.15, -0.1) is 5.10 Å². The third kappa shape index (κ3) is 3.33. The Kier molecular flexibility index (Phi) is 4.35. The first-order chi connectivity index (χ1) is 8.79. The highest BCUT2D eigenvalue weighted by Crippen LogP contribution is 2.15. The fourth-order valence-electron chi connectivity index (χ4n) is 1.81. The maximum atomic E-state index is 4.12. The van der Waals surface area contributed by atoms with E-state index in [4.69, 9.17) is 0 Å². The molecule has 18 heavy (non-hydrogen) atoms. The fourth-order valence-corrected chi connectivity index (χ4v) is 1.81. The molecule has 96 valence electrons. The Balaban J connectivity index is 2.10. The zero-order valence-electron chi connectivity index (χ0n) is 10.7. The van der Waals surface area contributed by atoms with Crippen molar-refractivity contribution in [3.05, 3.63) is 36.2 Å². The molecule has 0 radical (unpaired) electrons. The Bertz CT molecular complexity index is 466. The van der Waals surface area contributed by atoms with Crippen molar-refractivity contribution in [1.82, 2.24) is 30.3 Å². The maximum Gasteiger partial charge on any atom is 0.115 e. The highest BCUT2D eigenvalue weighted by Gasteiger charge is 2.13. The van der Waals surface area contributed by atoms with E-state index in [1.807, 2.05) is 25.6 Å². The summed E-state index contributed by atoms with van der Waals surface area (Å²) in [6, 6.07) is 0.183. The van der Waals surface area contributed by atoms with Gasteiger partial charge >= 0.3 is 0 Å². The zero-order chi connectivity index (χ0) is 12.8. The molecule has 2 aromatic rings. The summed E-state index contributed by atoms with van der Waals surface area (Å²) in [5.41, 5.74) is 2.05. The van der Waals surface area contributed by atoms with Crippen LogP contribution in [0.4, 0.5) is 0 Å². The smallest absolute Gasteiger partial charge is 0.115 e. The maximum absolute atomic E-state index is 4.12. The molecule has 1 atom stereocenters. The van der Waals surface area contributed by atoms with Crippen LogP contribution in [0.15, 0.2) is 24.9 Å². The second-order valence-corrected chi connectivity index (χ2v) is 4.27. The molecule has 0 aliphatic carbocycles. The average Bonchev–Trinajstić information content (AvgIpc) is 2.81. The van der Waals surface area contributed by atoms with Gasteiger partial charge in [-0.3, -0.25) is 4.68 Å². The summed E-state index contributed by atoms with van der Waals surface area (Å²) in [5, 5.41) is 11.6. The lowest BCUT2D eigenvalue weighted by Gasteiger charge is -2.16. The van der Waals surface area contributed by atoms with E-state index in [2.05, 4.69) is 32.5 Å². The van der Waals surface area contributed by atoms with Crippen LogP contribution in [0.3, 0.4) is 0 Å². The molecular formula is C12H18N6. The minimum Gasteiger partial charge on any atom is -0.310 e. The molecule has 6 heteroatoms. The van der Waals surface area contributed by atoms with Crippen LogP contribution in [-0.2, 0) is 13.5 Å². The summed E-state index contributed by atoms with van der Waals surface area (Å²) < 4.78 is 1.72. The largest absolute Gasteiger partial charge is 0.310 e. The van der Waals surface area contributed by atoms with Crippen LogP contribution < -0.4 is 5.32 Å². The highest BCUT2D eigenvalue weighted by molar-refractivity contribution is 5.12.